The number of carbonyl (C=O) groups excluding carboxylic acids is 1. The van der Waals surface area contributed by atoms with E-state index in [0.29, 0.717) is 16.4 Å². The number of carbonyl (C=O) groups is 1. The van der Waals surface area contributed by atoms with Gasteiger partial charge in [0.05, 0.1) is 17.4 Å². The van der Waals surface area contributed by atoms with Gasteiger partial charge in [-0.25, -0.2) is 0 Å². The van der Waals surface area contributed by atoms with Crippen molar-refractivity contribution in [3.63, 3.8) is 0 Å². The fourth-order valence-electron chi connectivity index (χ4n) is 1.22. The first kappa shape index (κ1) is 11.5. The van der Waals surface area contributed by atoms with Crippen molar-refractivity contribution in [3.05, 3.63) is 29.0 Å². The Balaban J connectivity index is 2.14. The topological polar surface area (TPSA) is 93.8 Å². The Hall–Kier alpha value is -2.02. The summed E-state index contributed by atoms with van der Waals surface area (Å²) < 4.78 is 0. The van der Waals surface area contributed by atoms with Gasteiger partial charge in [-0.2, -0.15) is 0 Å². The number of hydrogen-bond acceptors (Lipinski definition) is 6. The van der Waals surface area contributed by atoms with Crippen LogP contribution in [0.25, 0.3) is 0 Å². The maximum atomic E-state index is 11.9. The molecule has 2 aromatic heterocycles. The normalized spacial score (nSPS) is 10.2. The molecule has 0 unspecified atom stereocenters. The Morgan fingerprint density at radius 1 is 1.53 bits per heavy atom. The molecular weight excluding hydrogens is 238 g/mol. The molecule has 88 valence electrons. The van der Waals surface area contributed by atoms with Crippen molar-refractivity contribution in [1.82, 2.24) is 15.2 Å². The van der Waals surface area contributed by atoms with Crippen LogP contribution in [0.5, 0.6) is 0 Å². The summed E-state index contributed by atoms with van der Waals surface area (Å²) in [5, 5.41) is 11.8. The van der Waals surface area contributed by atoms with Crippen molar-refractivity contribution in [1.29, 1.82) is 0 Å². The van der Waals surface area contributed by atoms with Crippen LogP contribution in [0.1, 0.15) is 22.3 Å². The molecular formula is C10H11N5OS. The smallest absolute Gasteiger partial charge is 0.259 e. The van der Waals surface area contributed by atoms with E-state index < -0.39 is 0 Å². The van der Waals surface area contributed by atoms with Crippen molar-refractivity contribution in [2.24, 2.45) is 0 Å². The third-order valence-electron chi connectivity index (χ3n) is 2.09. The molecule has 0 bridgehead atoms. The van der Waals surface area contributed by atoms with Crippen LogP contribution in [-0.2, 0) is 6.42 Å². The monoisotopic (exact) mass is 249 g/mol. The van der Waals surface area contributed by atoms with Gasteiger partial charge in [0.25, 0.3) is 5.91 Å². The molecule has 2 aromatic rings. The summed E-state index contributed by atoms with van der Waals surface area (Å²) in [6.45, 7) is 1.98. The molecule has 0 aliphatic carbocycles. The number of nitrogens with one attached hydrogen (secondary N) is 1. The zero-order valence-corrected chi connectivity index (χ0v) is 9.99. The minimum absolute atomic E-state index is 0.302. The lowest BCUT2D eigenvalue weighted by Crippen LogP contribution is -2.14. The fraction of sp³-hybridized carbons (Fsp3) is 0.200. The number of pyridine rings is 1. The van der Waals surface area contributed by atoms with E-state index in [1.165, 1.54) is 23.7 Å². The number of anilines is 2. The first-order chi connectivity index (χ1) is 8.20. The number of rotatable bonds is 3. The first-order valence-corrected chi connectivity index (χ1v) is 5.85. The van der Waals surface area contributed by atoms with E-state index in [-0.39, 0.29) is 5.91 Å². The minimum Gasteiger partial charge on any atom is -0.397 e. The Kier molecular flexibility index (Phi) is 3.29. The summed E-state index contributed by atoms with van der Waals surface area (Å²) in [6, 6.07) is 1.56. The van der Waals surface area contributed by atoms with E-state index >= 15 is 0 Å². The number of nitrogen functional groups attached to an aromatic ring is 1. The molecule has 3 N–H and O–H groups in total. The molecule has 17 heavy (non-hydrogen) atoms. The third-order valence-corrected chi connectivity index (χ3v) is 3.07. The third kappa shape index (κ3) is 2.56. The lowest BCUT2D eigenvalue weighted by molar-refractivity contribution is 0.102. The molecule has 0 radical (unpaired) electrons. The maximum absolute atomic E-state index is 11.9. The number of nitrogens with zero attached hydrogens (tertiary/aromatic N) is 3. The lowest BCUT2D eigenvalue weighted by atomic mass is 10.2. The van der Waals surface area contributed by atoms with Gasteiger partial charge >= 0.3 is 0 Å². The first-order valence-electron chi connectivity index (χ1n) is 5.04. The number of aromatic nitrogens is 3. The van der Waals surface area contributed by atoms with E-state index in [4.69, 9.17) is 5.73 Å². The Bertz CT molecular complexity index is 539. The van der Waals surface area contributed by atoms with E-state index in [9.17, 15) is 4.79 Å². The van der Waals surface area contributed by atoms with Crippen LogP contribution < -0.4 is 11.1 Å². The van der Waals surface area contributed by atoms with Gasteiger partial charge in [0.15, 0.2) is 0 Å². The predicted octanol–water partition coefficient (Wildman–Crippen LogP) is 1.33. The zero-order chi connectivity index (χ0) is 12.3. The van der Waals surface area contributed by atoms with Crippen molar-refractivity contribution in [2.45, 2.75) is 13.3 Å². The zero-order valence-electron chi connectivity index (χ0n) is 9.17. The second-order valence-corrected chi connectivity index (χ2v) is 4.33. The van der Waals surface area contributed by atoms with Gasteiger partial charge in [0.2, 0.25) is 5.13 Å². The summed E-state index contributed by atoms with van der Waals surface area (Å²) in [6.07, 6.45) is 3.75. The second kappa shape index (κ2) is 4.88. The summed E-state index contributed by atoms with van der Waals surface area (Å²) in [5.41, 5.74) is 6.37. The standard InChI is InChI=1S/C10H11N5OS/c1-2-8-14-15-10(17-8)13-9(16)6-3-4-12-5-7(6)11/h3-5H,2,11H2,1H3,(H,13,15,16). The number of nitrogens with two attached hydrogens (primary N) is 1. The Labute approximate surface area is 102 Å². The quantitative estimate of drug-likeness (QED) is 0.855. The lowest BCUT2D eigenvalue weighted by Gasteiger charge is -2.03. The maximum Gasteiger partial charge on any atom is 0.259 e. The fourth-order valence-corrected chi connectivity index (χ4v) is 1.90. The molecule has 0 saturated heterocycles. The molecule has 6 nitrogen and oxygen atoms in total. The van der Waals surface area contributed by atoms with Crippen LogP contribution in [0, 0.1) is 0 Å². The van der Waals surface area contributed by atoms with Crippen molar-refractivity contribution < 1.29 is 4.79 Å². The van der Waals surface area contributed by atoms with Gasteiger partial charge in [-0.05, 0) is 12.5 Å². The minimum atomic E-state index is -0.302. The molecule has 0 saturated carbocycles. The molecule has 0 aliphatic rings. The summed E-state index contributed by atoms with van der Waals surface area (Å²) in [4.78, 5) is 15.7. The Morgan fingerprint density at radius 2 is 2.35 bits per heavy atom. The number of amides is 1. The summed E-state index contributed by atoms with van der Waals surface area (Å²) in [7, 11) is 0. The van der Waals surface area contributed by atoms with Gasteiger partial charge in [0.1, 0.15) is 5.01 Å². The summed E-state index contributed by atoms with van der Waals surface area (Å²) >= 11 is 1.35. The number of aryl methyl sites for hydroxylation is 1. The summed E-state index contributed by atoms with van der Waals surface area (Å²) in [5.74, 6) is -0.302. The van der Waals surface area contributed by atoms with Gasteiger partial charge in [-0.3, -0.25) is 15.1 Å². The molecule has 0 aromatic carbocycles. The van der Waals surface area contributed by atoms with Gasteiger partial charge < -0.3 is 5.73 Å². The van der Waals surface area contributed by atoms with Crippen LogP contribution in [0.4, 0.5) is 10.8 Å². The average molecular weight is 249 g/mol. The van der Waals surface area contributed by atoms with Crippen LogP contribution >= 0.6 is 11.3 Å². The molecule has 0 aliphatic heterocycles. The predicted molar refractivity (Wildman–Crippen MR) is 65.9 cm³/mol. The Morgan fingerprint density at radius 3 is 3.00 bits per heavy atom. The van der Waals surface area contributed by atoms with Gasteiger partial charge in [-0.1, -0.05) is 18.3 Å². The molecule has 0 spiro atoms. The van der Waals surface area contributed by atoms with Crippen LogP contribution in [0.15, 0.2) is 18.5 Å². The highest BCUT2D eigenvalue weighted by Gasteiger charge is 2.12. The SMILES string of the molecule is CCc1nnc(NC(=O)c2ccncc2N)s1. The van der Waals surface area contributed by atoms with Crippen molar-refractivity contribution in [3.8, 4) is 0 Å². The molecule has 7 heteroatoms. The molecule has 2 rings (SSSR count). The highest BCUT2D eigenvalue weighted by Crippen LogP contribution is 2.17. The molecule has 2 heterocycles. The highest BCUT2D eigenvalue weighted by molar-refractivity contribution is 7.15. The van der Waals surface area contributed by atoms with E-state index in [1.807, 2.05) is 6.92 Å². The highest BCUT2D eigenvalue weighted by atomic mass is 32.1. The van der Waals surface area contributed by atoms with Crippen LogP contribution in [0.2, 0.25) is 0 Å². The van der Waals surface area contributed by atoms with E-state index in [0.717, 1.165) is 11.4 Å². The van der Waals surface area contributed by atoms with Crippen molar-refractivity contribution in [2.75, 3.05) is 11.1 Å². The molecule has 0 atom stereocenters. The van der Waals surface area contributed by atoms with Gasteiger partial charge in [0, 0.05) is 6.20 Å². The van der Waals surface area contributed by atoms with Crippen LogP contribution in [0.3, 0.4) is 0 Å². The second-order valence-electron chi connectivity index (χ2n) is 3.27. The van der Waals surface area contributed by atoms with E-state index in [2.05, 4.69) is 20.5 Å². The van der Waals surface area contributed by atoms with Crippen LogP contribution in [-0.4, -0.2) is 21.1 Å². The van der Waals surface area contributed by atoms with Gasteiger partial charge in [-0.15, -0.1) is 10.2 Å². The van der Waals surface area contributed by atoms with Crippen molar-refractivity contribution >= 4 is 28.1 Å². The molecule has 1 amide bonds. The largest absolute Gasteiger partial charge is 0.397 e. The molecule has 0 fully saturated rings. The van der Waals surface area contributed by atoms with E-state index in [1.54, 1.807) is 6.07 Å². The number of hydrogen-bond donors (Lipinski definition) is 2. The average Bonchev–Trinajstić information content (AvgIpc) is 2.77.